The quantitative estimate of drug-likeness (QED) is 0.772. The molecule has 28 heavy (non-hydrogen) atoms. The van der Waals surface area contributed by atoms with Gasteiger partial charge in [0.05, 0.1) is 19.8 Å². The highest BCUT2D eigenvalue weighted by molar-refractivity contribution is 5.91. The van der Waals surface area contributed by atoms with Crippen LogP contribution in [-0.4, -0.2) is 31.9 Å². The van der Waals surface area contributed by atoms with Crippen molar-refractivity contribution in [3.05, 3.63) is 53.3 Å². The summed E-state index contributed by atoms with van der Waals surface area (Å²) in [5.41, 5.74) is 1.03. The molecule has 0 fully saturated rings. The highest BCUT2D eigenvalue weighted by atomic mass is 19.1. The number of methoxy groups -OCH3 is 2. The van der Waals surface area contributed by atoms with Crippen molar-refractivity contribution in [2.45, 2.75) is 32.9 Å². The maximum atomic E-state index is 14.4. The zero-order valence-electron chi connectivity index (χ0n) is 16.6. The van der Waals surface area contributed by atoms with E-state index in [1.807, 2.05) is 0 Å². The van der Waals surface area contributed by atoms with Gasteiger partial charge in [-0.15, -0.1) is 0 Å². The number of nitrogens with one attached hydrogen (secondary N) is 1. The van der Waals surface area contributed by atoms with Crippen molar-refractivity contribution in [1.29, 1.82) is 0 Å². The molecule has 7 heteroatoms. The van der Waals surface area contributed by atoms with E-state index in [2.05, 4.69) is 10.1 Å². The van der Waals surface area contributed by atoms with Gasteiger partial charge in [0.15, 0.2) is 0 Å². The molecule has 0 saturated heterocycles. The molecular formula is C21H24FNO5. The average Bonchev–Trinajstić information content (AvgIpc) is 2.64. The number of amides is 1. The summed E-state index contributed by atoms with van der Waals surface area (Å²) in [6.45, 7) is 5.44. The average molecular weight is 389 g/mol. The highest BCUT2D eigenvalue weighted by Gasteiger charge is 2.17. The van der Waals surface area contributed by atoms with Crippen LogP contribution < -0.4 is 10.1 Å². The predicted octanol–water partition coefficient (Wildman–Crippen LogP) is 4.31. The number of hydrogen-bond acceptors (Lipinski definition) is 5. The molecule has 1 amide bonds. The van der Waals surface area contributed by atoms with E-state index in [0.29, 0.717) is 16.9 Å². The first-order chi connectivity index (χ1) is 13.1. The van der Waals surface area contributed by atoms with E-state index >= 15 is 0 Å². The van der Waals surface area contributed by atoms with Crippen LogP contribution in [0.5, 0.6) is 5.75 Å². The molecule has 0 unspecified atom stereocenters. The van der Waals surface area contributed by atoms with Crippen LogP contribution in [0.4, 0.5) is 9.18 Å². The van der Waals surface area contributed by atoms with Gasteiger partial charge in [-0.2, -0.15) is 0 Å². The van der Waals surface area contributed by atoms with Gasteiger partial charge in [0.1, 0.15) is 17.2 Å². The Hall–Kier alpha value is -3.09. The maximum Gasteiger partial charge on any atom is 0.407 e. The van der Waals surface area contributed by atoms with Gasteiger partial charge in [-0.05, 0) is 56.7 Å². The second-order valence-corrected chi connectivity index (χ2v) is 7.07. The first-order valence-electron chi connectivity index (χ1n) is 8.66. The number of benzene rings is 2. The Morgan fingerprint density at radius 3 is 2.39 bits per heavy atom. The van der Waals surface area contributed by atoms with Crippen LogP contribution in [0.25, 0.3) is 11.1 Å². The van der Waals surface area contributed by atoms with Crippen LogP contribution in [0.3, 0.4) is 0 Å². The van der Waals surface area contributed by atoms with E-state index in [-0.39, 0.29) is 17.7 Å². The Labute approximate surface area is 163 Å². The summed E-state index contributed by atoms with van der Waals surface area (Å²) < 4.78 is 29.6. The Balaban J connectivity index is 2.32. The van der Waals surface area contributed by atoms with Gasteiger partial charge < -0.3 is 19.5 Å². The van der Waals surface area contributed by atoms with Gasteiger partial charge in [0.2, 0.25) is 0 Å². The molecule has 0 aliphatic carbocycles. The van der Waals surface area contributed by atoms with Crippen molar-refractivity contribution in [3.63, 3.8) is 0 Å². The van der Waals surface area contributed by atoms with Crippen LogP contribution in [-0.2, 0) is 16.0 Å². The zero-order valence-corrected chi connectivity index (χ0v) is 16.6. The second-order valence-electron chi connectivity index (χ2n) is 7.07. The van der Waals surface area contributed by atoms with E-state index in [1.54, 1.807) is 39.0 Å². The van der Waals surface area contributed by atoms with E-state index in [9.17, 15) is 14.0 Å². The molecule has 150 valence electrons. The summed E-state index contributed by atoms with van der Waals surface area (Å²) in [6.07, 6.45) is -0.571. The van der Waals surface area contributed by atoms with Gasteiger partial charge in [-0.3, -0.25) is 0 Å². The molecule has 0 bridgehead atoms. The fraction of sp³-hybridized carbons (Fsp3) is 0.333. The van der Waals surface area contributed by atoms with Gasteiger partial charge in [-0.1, -0.05) is 6.07 Å². The number of halogens is 1. The first-order valence-corrected chi connectivity index (χ1v) is 8.66. The monoisotopic (exact) mass is 389 g/mol. The SMILES string of the molecule is COC(=O)c1ccc(F)c(-c2ccc(OC)c(CNC(=O)OC(C)(C)C)c2)c1. The fourth-order valence-electron chi connectivity index (χ4n) is 2.56. The van der Waals surface area contributed by atoms with E-state index in [1.165, 1.54) is 32.4 Å². The lowest BCUT2D eigenvalue weighted by atomic mass is 9.99. The van der Waals surface area contributed by atoms with Gasteiger partial charge >= 0.3 is 12.1 Å². The Morgan fingerprint density at radius 2 is 1.79 bits per heavy atom. The third kappa shape index (κ3) is 5.45. The molecule has 0 spiro atoms. The van der Waals surface area contributed by atoms with Crippen LogP contribution in [0.15, 0.2) is 36.4 Å². The van der Waals surface area contributed by atoms with Gasteiger partial charge in [-0.25, -0.2) is 14.0 Å². The summed E-state index contributed by atoms with van der Waals surface area (Å²) in [5.74, 6) is -0.505. The lowest BCUT2D eigenvalue weighted by Crippen LogP contribution is -2.32. The summed E-state index contributed by atoms with van der Waals surface area (Å²) in [4.78, 5) is 23.6. The third-order valence-corrected chi connectivity index (χ3v) is 3.80. The minimum Gasteiger partial charge on any atom is -0.496 e. The number of esters is 1. The van der Waals surface area contributed by atoms with Crippen molar-refractivity contribution in [1.82, 2.24) is 5.32 Å². The molecule has 0 radical (unpaired) electrons. The Morgan fingerprint density at radius 1 is 1.07 bits per heavy atom. The summed E-state index contributed by atoms with van der Waals surface area (Å²) in [6, 6.07) is 9.04. The number of carbonyl (C=O) groups excluding carboxylic acids is 2. The number of hydrogen-bond donors (Lipinski definition) is 1. The Kier molecular flexibility index (Phi) is 6.62. The molecule has 2 aromatic carbocycles. The molecule has 2 rings (SSSR count). The van der Waals surface area contributed by atoms with E-state index < -0.39 is 23.5 Å². The molecule has 0 saturated carbocycles. The summed E-state index contributed by atoms with van der Waals surface area (Å²) in [5, 5.41) is 2.65. The maximum absolute atomic E-state index is 14.4. The molecule has 0 heterocycles. The topological polar surface area (TPSA) is 73.9 Å². The lowest BCUT2D eigenvalue weighted by molar-refractivity contribution is 0.0522. The van der Waals surface area contributed by atoms with Crippen molar-refractivity contribution in [2.75, 3.05) is 14.2 Å². The van der Waals surface area contributed by atoms with E-state index in [4.69, 9.17) is 9.47 Å². The molecule has 0 aromatic heterocycles. The number of alkyl carbamates (subject to hydrolysis) is 1. The van der Waals surface area contributed by atoms with Gasteiger partial charge in [0, 0.05) is 17.7 Å². The lowest BCUT2D eigenvalue weighted by Gasteiger charge is -2.20. The van der Waals surface area contributed by atoms with Crippen LogP contribution in [0.2, 0.25) is 0 Å². The molecule has 2 aromatic rings. The zero-order chi connectivity index (χ0) is 20.9. The molecule has 1 N–H and O–H groups in total. The summed E-state index contributed by atoms with van der Waals surface area (Å²) in [7, 11) is 2.77. The van der Waals surface area contributed by atoms with Crippen LogP contribution in [0.1, 0.15) is 36.7 Å². The largest absolute Gasteiger partial charge is 0.496 e. The van der Waals surface area contributed by atoms with Crippen molar-refractivity contribution in [3.8, 4) is 16.9 Å². The Bertz CT molecular complexity index is 874. The molecule has 0 atom stereocenters. The number of rotatable bonds is 5. The first kappa shape index (κ1) is 21.2. The molecule has 6 nitrogen and oxygen atoms in total. The fourth-order valence-corrected chi connectivity index (χ4v) is 2.56. The van der Waals surface area contributed by atoms with Gasteiger partial charge in [0.25, 0.3) is 0 Å². The third-order valence-electron chi connectivity index (χ3n) is 3.80. The molecular weight excluding hydrogens is 365 g/mol. The van der Waals surface area contributed by atoms with Crippen molar-refractivity contribution >= 4 is 12.1 Å². The minimum atomic E-state index is -0.618. The standard InChI is InChI=1S/C21H24FNO5/c1-21(2,3)28-20(25)23-12-15-10-13(7-9-18(15)26-4)16-11-14(19(24)27-5)6-8-17(16)22/h6-11H,12H2,1-5H3,(H,23,25). The predicted molar refractivity (Wildman–Crippen MR) is 103 cm³/mol. The number of carbonyl (C=O) groups is 2. The normalized spacial score (nSPS) is 10.9. The van der Waals surface area contributed by atoms with E-state index in [0.717, 1.165) is 0 Å². The highest BCUT2D eigenvalue weighted by Crippen LogP contribution is 2.29. The van der Waals surface area contributed by atoms with Crippen molar-refractivity contribution in [2.24, 2.45) is 0 Å². The minimum absolute atomic E-state index is 0.129. The molecule has 0 aliphatic rings. The van der Waals surface area contributed by atoms with Crippen LogP contribution in [0, 0.1) is 5.82 Å². The second kappa shape index (κ2) is 8.73. The molecule has 0 aliphatic heterocycles. The van der Waals surface area contributed by atoms with Crippen molar-refractivity contribution < 1.29 is 28.2 Å². The number of ether oxygens (including phenoxy) is 3. The summed E-state index contributed by atoms with van der Waals surface area (Å²) >= 11 is 0. The smallest absolute Gasteiger partial charge is 0.407 e. The van der Waals surface area contributed by atoms with Crippen LogP contribution >= 0.6 is 0 Å².